The van der Waals surface area contributed by atoms with Crippen molar-refractivity contribution in [3.05, 3.63) is 24.3 Å². The molecule has 1 aliphatic heterocycles. The minimum atomic E-state index is -2.61. The maximum atomic E-state index is 12.8. The van der Waals surface area contributed by atoms with Crippen molar-refractivity contribution in [3.8, 4) is 0 Å². The fraction of sp³-hybridized carbons (Fsp3) is 0.471. The summed E-state index contributed by atoms with van der Waals surface area (Å²) < 4.78 is 27.2. The monoisotopic (exact) mass is 397 g/mol. The number of nitrogens with zero attached hydrogens (tertiary/aromatic N) is 3. The Balaban J connectivity index is 1.63. The van der Waals surface area contributed by atoms with E-state index in [0.717, 1.165) is 0 Å². The molecule has 2 aromatic rings. The number of piperidine rings is 1. The zero-order chi connectivity index (χ0) is 19.4. The molecule has 2 heterocycles. The number of nitrogens with two attached hydrogens (primary N) is 1. The summed E-state index contributed by atoms with van der Waals surface area (Å²) in [5.41, 5.74) is 6.42. The van der Waals surface area contributed by atoms with E-state index in [4.69, 9.17) is 5.73 Å². The number of fused-ring (bicyclic) bond motifs is 1. The molecule has 1 aromatic carbocycles. The minimum absolute atomic E-state index is 0.0115. The molecule has 0 atom stereocenters. The first kappa shape index (κ1) is 19.6. The van der Waals surface area contributed by atoms with Crippen LogP contribution in [0, 0.1) is 0 Å². The van der Waals surface area contributed by atoms with Crippen molar-refractivity contribution in [2.24, 2.45) is 5.73 Å². The van der Waals surface area contributed by atoms with Gasteiger partial charge in [-0.15, -0.1) is 0 Å². The van der Waals surface area contributed by atoms with Crippen molar-refractivity contribution in [2.75, 3.05) is 19.6 Å². The van der Waals surface area contributed by atoms with Crippen LogP contribution in [-0.2, 0) is 16.1 Å². The van der Waals surface area contributed by atoms with Gasteiger partial charge in [0, 0.05) is 19.1 Å². The van der Waals surface area contributed by atoms with E-state index in [0.29, 0.717) is 48.7 Å². The fourth-order valence-electron chi connectivity index (χ4n) is 3.25. The Morgan fingerprint density at radius 1 is 1.26 bits per heavy atom. The van der Waals surface area contributed by atoms with E-state index < -0.39 is 5.76 Å². The fourth-order valence-corrected chi connectivity index (χ4v) is 3.85. The molecule has 2 amide bonds. The second-order valence-electron chi connectivity index (χ2n) is 6.43. The van der Waals surface area contributed by atoms with Gasteiger partial charge in [0.15, 0.2) is 5.16 Å². The molecule has 3 N–H and O–H groups in total. The van der Waals surface area contributed by atoms with Crippen molar-refractivity contribution in [1.29, 1.82) is 0 Å². The number of nitrogens with one attached hydrogen (secondary N) is 1. The summed E-state index contributed by atoms with van der Waals surface area (Å²) in [6.45, 7) is 1.50. The third-order valence-electron chi connectivity index (χ3n) is 4.45. The molecule has 0 saturated carbocycles. The van der Waals surface area contributed by atoms with E-state index in [1.807, 2.05) is 4.90 Å². The van der Waals surface area contributed by atoms with Crippen LogP contribution in [0.4, 0.5) is 8.78 Å². The van der Waals surface area contributed by atoms with E-state index in [2.05, 4.69) is 10.3 Å². The van der Waals surface area contributed by atoms with E-state index in [1.54, 1.807) is 24.3 Å². The molecule has 3 rings (SSSR count). The Hall–Kier alpha value is -2.20. The first-order valence-corrected chi connectivity index (χ1v) is 9.50. The van der Waals surface area contributed by atoms with Gasteiger partial charge in [-0.3, -0.25) is 14.5 Å². The Morgan fingerprint density at radius 3 is 2.63 bits per heavy atom. The van der Waals surface area contributed by atoms with Crippen LogP contribution in [0.1, 0.15) is 12.8 Å². The Labute approximate surface area is 159 Å². The number of amides is 2. The predicted molar refractivity (Wildman–Crippen MR) is 98.4 cm³/mol. The summed E-state index contributed by atoms with van der Waals surface area (Å²) in [6, 6.07) is 7.03. The van der Waals surface area contributed by atoms with Gasteiger partial charge in [0.25, 0.3) is 5.76 Å². The molecule has 1 saturated heterocycles. The van der Waals surface area contributed by atoms with Crippen LogP contribution in [0.3, 0.4) is 0 Å². The summed E-state index contributed by atoms with van der Waals surface area (Å²) in [4.78, 5) is 29.6. The quantitative estimate of drug-likeness (QED) is 0.690. The average molecular weight is 397 g/mol. The molecule has 146 valence electrons. The molecule has 0 bridgehead atoms. The molecule has 27 heavy (non-hydrogen) atoms. The predicted octanol–water partition coefficient (Wildman–Crippen LogP) is 1.42. The van der Waals surface area contributed by atoms with Crippen molar-refractivity contribution in [2.45, 2.75) is 36.3 Å². The lowest BCUT2D eigenvalue weighted by molar-refractivity contribution is -0.123. The lowest BCUT2D eigenvalue weighted by Crippen LogP contribution is -2.47. The van der Waals surface area contributed by atoms with Gasteiger partial charge in [0.2, 0.25) is 11.8 Å². The molecule has 0 spiro atoms. The number of likely N-dealkylation sites (tertiary alicyclic amines) is 1. The number of para-hydroxylation sites is 2. The maximum absolute atomic E-state index is 12.8. The SMILES string of the molecule is NC(=O)CN1CCC(NC(=O)Cn2c(SC(F)F)nc3ccccc32)CC1. The third-order valence-corrected chi connectivity index (χ3v) is 5.15. The van der Waals surface area contributed by atoms with Crippen LogP contribution in [0.15, 0.2) is 29.4 Å². The van der Waals surface area contributed by atoms with Crippen LogP contribution in [0.2, 0.25) is 0 Å². The van der Waals surface area contributed by atoms with Crippen LogP contribution >= 0.6 is 11.8 Å². The molecule has 1 aromatic heterocycles. The number of benzene rings is 1. The smallest absolute Gasteiger partial charge is 0.291 e. The number of primary amides is 1. The Kier molecular flexibility index (Phi) is 6.27. The van der Waals surface area contributed by atoms with Gasteiger partial charge in [-0.2, -0.15) is 8.78 Å². The molecular formula is C17H21F2N5O2S. The maximum Gasteiger partial charge on any atom is 0.291 e. The number of carbonyl (C=O) groups excluding carboxylic acids is 2. The highest BCUT2D eigenvalue weighted by atomic mass is 32.2. The van der Waals surface area contributed by atoms with Crippen LogP contribution in [0.5, 0.6) is 0 Å². The van der Waals surface area contributed by atoms with E-state index >= 15 is 0 Å². The van der Waals surface area contributed by atoms with Gasteiger partial charge in [-0.25, -0.2) is 4.98 Å². The van der Waals surface area contributed by atoms with Crippen LogP contribution < -0.4 is 11.1 Å². The van der Waals surface area contributed by atoms with Crippen LogP contribution in [-0.4, -0.2) is 57.7 Å². The second-order valence-corrected chi connectivity index (χ2v) is 7.39. The Morgan fingerprint density at radius 2 is 1.96 bits per heavy atom. The van der Waals surface area contributed by atoms with Crippen molar-refractivity contribution >= 4 is 34.6 Å². The number of hydrogen-bond donors (Lipinski definition) is 2. The molecule has 1 fully saturated rings. The number of hydrogen-bond acceptors (Lipinski definition) is 5. The summed E-state index contributed by atoms with van der Waals surface area (Å²) in [6.07, 6.45) is 1.42. The number of thioether (sulfide) groups is 1. The highest BCUT2D eigenvalue weighted by Gasteiger charge is 2.23. The highest BCUT2D eigenvalue weighted by molar-refractivity contribution is 7.99. The zero-order valence-electron chi connectivity index (χ0n) is 14.6. The normalized spacial score (nSPS) is 16.1. The van der Waals surface area contributed by atoms with Gasteiger partial charge in [0.05, 0.1) is 17.6 Å². The lowest BCUT2D eigenvalue weighted by Gasteiger charge is -2.31. The van der Waals surface area contributed by atoms with E-state index in [9.17, 15) is 18.4 Å². The van der Waals surface area contributed by atoms with Gasteiger partial charge >= 0.3 is 0 Å². The number of imidazole rings is 1. The number of alkyl halides is 2. The van der Waals surface area contributed by atoms with Crippen molar-refractivity contribution in [3.63, 3.8) is 0 Å². The first-order chi connectivity index (χ1) is 12.9. The standard InChI is InChI=1S/C17H21F2N5O2S/c18-16(19)27-17-22-12-3-1-2-4-13(12)24(17)10-15(26)21-11-5-7-23(8-6-11)9-14(20)25/h1-4,11,16H,5-10H2,(H2,20,25)(H,21,26). The number of rotatable bonds is 7. The molecule has 7 nitrogen and oxygen atoms in total. The minimum Gasteiger partial charge on any atom is -0.369 e. The van der Waals surface area contributed by atoms with Gasteiger partial charge < -0.3 is 15.6 Å². The average Bonchev–Trinajstić information content (AvgIpc) is 2.93. The lowest BCUT2D eigenvalue weighted by atomic mass is 10.1. The number of carbonyl (C=O) groups is 2. The summed E-state index contributed by atoms with van der Waals surface area (Å²) >= 11 is 0.333. The van der Waals surface area contributed by atoms with Crippen molar-refractivity contribution < 1.29 is 18.4 Å². The van der Waals surface area contributed by atoms with E-state index in [1.165, 1.54) is 4.57 Å². The summed E-state index contributed by atoms with van der Waals surface area (Å²) in [7, 11) is 0. The number of halogens is 2. The van der Waals surface area contributed by atoms with Gasteiger partial charge in [-0.1, -0.05) is 12.1 Å². The van der Waals surface area contributed by atoms with Crippen LogP contribution in [0.25, 0.3) is 11.0 Å². The van der Waals surface area contributed by atoms with Gasteiger partial charge in [-0.05, 0) is 36.7 Å². The molecule has 0 radical (unpaired) electrons. The van der Waals surface area contributed by atoms with E-state index in [-0.39, 0.29) is 36.1 Å². The van der Waals surface area contributed by atoms with Crippen molar-refractivity contribution in [1.82, 2.24) is 19.8 Å². The third kappa shape index (κ3) is 5.16. The topological polar surface area (TPSA) is 93.3 Å². The first-order valence-electron chi connectivity index (χ1n) is 8.62. The zero-order valence-corrected chi connectivity index (χ0v) is 15.4. The van der Waals surface area contributed by atoms with Gasteiger partial charge in [0.1, 0.15) is 6.54 Å². The highest BCUT2D eigenvalue weighted by Crippen LogP contribution is 2.28. The summed E-state index contributed by atoms with van der Waals surface area (Å²) in [5.74, 6) is -3.23. The molecule has 0 unspecified atom stereocenters. The molecule has 1 aliphatic rings. The molecule has 10 heteroatoms. The largest absolute Gasteiger partial charge is 0.369 e. The molecular weight excluding hydrogens is 376 g/mol. The number of aromatic nitrogens is 2. The Bertz CT molecular complexity index is 821. The molecule has 0 aliphatic carbocycles. The summed E-state index contributed by atoms with van der Waals surface area (Å²) in [5, 5.41) is 3.07. The second kappa shape index (κ2) is 8.66.